The molecule has 2 rings (SSSR count). The highest BCUT2D eigenvalue weighted by Gasteiger charge is 2.35. The lowest BCUT2D eigenvalue weighted by Gasteiger charge is -2.15. The van der Waals surface area contributed by atoms with Gasteiger partial charge in [0.1, 0.15) is 0 Å². The van der Waals surface area contributed by atoms with Crippen molar-refractivity contribution in [1.82, 2.24) is 4.90 Å². The number of amides is 2. The monoisotopic (exact) mass is 297 g/mol. The lowest BCUT2D eigenvalue weighted by molar-refractivity contribution is -0.123. The number of hydrogen-bond donors (Lipinski definition) is 1. The molecule has 0 bridgehead atoms. The van der Waals surface area contributed by atoms with Crippen molar-refractivity contribution in [2.75, 3.05) is 12.4 Å². The molecule has 1 aliphatic heterocycles. The van der Waals surface area contributed by atoms with E-state index in [1.54, 1.807) is 6.08 Å². The van der Waals surface area contributed by atoms with E-state index in [-0.39, 0.29) is 23.6 Å². The zero-order valence-electron chi connectivity index (χ0n) is 9.95. The summed E-state index contributed by atoms with van der Waals surface area (Å²) in [6.45, 7) is -0.0692. The fraction of sp³-hybridized carbons (Fsp3) is 0.231. The second kappa shape index (κ2) is 6.23. The minimum atomic E-state index is -0.897. The number of aliphatic hydroxyl groups is 1. The number of hydrogen-bond acceptors (Lipinski definition) is 4. The molecule has 1 saturated heterocycles. The molecule has 1 heterocycles. The smallest absolute Gasteiger partial charge is 0.293 e. The second-order valence-electron chi connectivity index (χ2n) is 4.01. The number of alkyl halides is 1. The minimum absolute atomic E-state index is 0.0144. The van der Waals surface area contributed by atoms with Gasteiger partial charge in [0, 0.05) is 0 Å². The van der Waals surface area contributed by atoms with Crippen LogP contribution in [-0.4, -0.2) is 39.7 Å². The van der Waals surface area contributed by atoms with Crippen LogP contribution in [0, 0.1) is 0 Å². The number of halogens is 1. The number of rotatable bonds is 4. The van der Waals surface area contributed by atoms with Gasteiger partial charge in [-0.1, -0.05) is 30.3 Å². The molecular weight excluding hydrogens is 286 g/mol. The first-order chi connectivity index (χ1) is 9.11. The van der Waals surface area contributed by atoms with Crippen molar-refractivity contribution < 1.29 is 14.7 Å². The highest BCUT2D eigenvalue weighted by atomic mass is 35.5. The molecule has 1 aromatic rings. The highest BCUT2D eigenvalue weighted by Crippen LogP contribution is 2.32. The molecule has 1 atom stereocenters. The Balaban J connectivity index is 2.16. The maximum Gasteiger partial charge on any atom is 0.293 e. The molecule has 19 heavy (non-hydrogen) atoms. The number of aliphatic hydroxyl groups excluding tert-OH is 1. The van der Waals surface area contributed by atoms with E-state index < -0.39 is 6.10 Å². The SMILES string of the molecule is O=C1S/C(=C/c2ccccc2)C(=O)N1C[C@H](O)CCl. The molecule has 0 unspecified atom stereocenters. The summed E-state index contributed by atoms with van der Waals surface area (Å²) < 4.78 is 0. The van der Waals surface area contributed by atoms with Crippen LogP contribution in [0.25, 0.3) is 6.08 Å². The summed E-state index contributed by atoms with van der Waals surface area (Å²) >= 11 is 6.34. The summed E-state index contributed by atoms with van der Waals surface area (Å²) in [5, 5.41) is 9.04. The number of imide groups is 1. The molecule has 0 aliphatic carbocycles. The van der Waals surface area contributed by atoms with Gasteiger partial charge in [0.2, 0.25) is 0 Å². The van der Waals surface area contributed by atoms with Crippen LogP contribution in [0.3, 0.4) is 0 Å². The standard InChI is InChI=1S/C13H12ClNO3S/c14-7-10(16)8-15-12(17)11(19-13(15)18)6-9-4-2-1-3-5-9/h1-6,10,16H,7-8H2/b11-6+/t10-/m1/s1. The van der Waals surface area contributed by atoms with Crippen LogP contribution in [0.5, 0.6) is 0 Å². The summed E-state index contributed by atoms with van der Waals surface area (Å²) in [6, 6.07) is 9.28. The number of thioether (sulfide) groups is 1. The zero-order chi connectivity index (χ0) is 13.8. The summed E-state index contributed by atoms with van der Waals surface area (Å²) in [5.41, 5.74) is 0.853. The highest BCUT2D eigenvalue weighted by molar-refractivity contribution is 8.18. The molecule has 0 aromatic heterocycles. The first-order valence-electron chi connectivity index (χ1n) is 5.66. The van der Waals surface area contributed by atoms with Gasteiger partial charge in [0.15, 0.2) is 0 Å². The first kappa shape index (κ1) is 14.1. The average molecular weight is 298 g/mol. The fourth-order valence-electron chi connectivity index (χ4n) is 1.62. The Hall–Kier alpha value is -1.30. The molecule has 1 aromatic carbocycles. The zero-order valence-corrected chi connectivity index (χ0v) is 11.5. The Morgan fingerprint density at radius 2 is 2.00 bits per heavy atom. The van der Waals surface area contributed by atoms with Gasteiger partial charge in [-0.25, -0.2) is 0 Å². The Morgan fingerprint density at radius 1 is 1.32 bits per heavy atom. The number of carbonyl (C=O) groups is 2. The molecule has 2 amide bonds. The minimum Gasteiger partial charge on any atom is -0.390 e. The normalized spacial score (nSPS) is 19.3. The molecular formula is C13H12ClNO3S. The third kappa shape index (κ3) is 3.37. The van der Waals surface area contributed by atoms with Crippen LogP contribution in [0.4, 0.5) is 4.79 Å². The van der Waals surface area contributed by atoms with Gasteiger partial charge in [-0.2, -0.15) is 0 Å². The van der Waals surface area contributed by atoms with Crippen LogP contribution in [-0.2, 0) is 4.79 Å². The topological polar surface area (TPSA) is 57.6 Å². The molecule has 1 N–H and O–H groups in total. The number of nitrogens with zero attached hydrogens (tertiary/aromatic N) is 1. The molecule has 4 nitrogen and oxygen atoms in total. The predicted octanol–water partition coefficient (Wildman–Crippen LogP) is 2.32. The number of benzene rings is 1. The van der Waals surface area contributed by atoms with E-state index in [2.05, 4.69) is 0 Å². The van der Waals surface area contributed by atoms with E-state index in [1.807, 2.05) is 30.3 Å². The van der Waals surface area contributed by atoms with Crippen LogP contribution in [0.15, 0.2) is 35.2 Å². The van der Waals surface area contributed by atoms with E-state index in [0.717, 1.165) is 22.2 Å². The summed E-state index contributed by atoms with van der Waals surface area (Å²) in [4.78, 5) is 25.1. The van der Waals surface area contributed by atoms with Crippen molar-refractivity contribution >= 4 is 40.6 Å². The van der Waals surface area contributed by atoms with Crippen LogP contribution < -0.4 is 0 Å². The van der Waals surface area contributed by atoms with Crippen LogP contribution in [0.1, 0.15) is 5.56 Å². The van der Waals surface area contributed by atoms with Gasteiger partial charge in [-0.3, -0.25) is 14.5 Å². The molecule has 100 valence electrons. The van der Waals surface area contributed by atoms with E-state index in [0.29, 0.717) is 4.91 Å². The Bertz CT molecular complexity index is 518. The number of carbonyl (C=O) groups excluding carboxylic acids is 2. The van der Waals surface area contributed by atoms with E-state index in [4.69, 9.17) is 11.6 Å². The molecule has 1 fully saturated rings. The first-order valence-corrected chi connectivity index (χ1v) is 7.01. The molecule has 6 heteroatoms. The Kier molecular flexibility index (Phi) is 4.63. The predicted molar refractivity (Wildman–Crippen MR) is 75.8 cm³/mol. The van der Waals surface area contributed by atoms with E-state index in [1.165, 1.54) is 0 Å². The molecule has 0 saturated carbocycles. The van der Waals surface area contributed by atoms with Crippen molar-refractivity contribution in [1.29, 1.82) is 0 Å². The van der Waals surface area contributed by atoms with Crippen molar-refractivity contribution in [3.05, 3.63) is 40.8 Å². The Morgan fingerprint density at radius 3 is 2.63 bits per heavy atom. The van der Waals surface area contributed by atoms with Crippen molar-refractivity contribution in [3.8, 4) is 0 Å². The van der Waals surface area contributed by atoms with Crippen molar-refractivity contribution in [2.24, 2.45) is 0 Å². The van der Waals surface area contributed by atoms with Gasteiger partial charge in [0.25, 0.3) is 11.1 Å². The average Bonchev–Trinajstić information content (AvgIpc) is 2.67. The third-order valence-corrected chi connectivity index (χ3v) is 3.81. The van der Waals surface area contributed by atoms with E-state index >= 15 is 0 Å². The molecule has 1 aliphatic rings. The lowest BCUT2D eigenvalue weighted by Crippen LogP contribution is -2.36. The number of β-amino-alcohol motifs (C(OH)–C–C–N with tert-alkyl or cyclic N) is 1. The van der Waals surface area contributed by atoms with Gasteiger partial charge in [-0.05, 0) is 23.4 Å². The Labute approximate surface area is 120 Å². The summed E-state index contributed by atoms with van der Waals surface area (Å²) in [6.07, 6.45) is 0.768. The van der Waals surface area contributed by atoms with Gasteiger partial charge < -0.3 is 5.11 Å². The van der Waals surface area contributed by atoms with Crippen LogP contribution in [0.2, 0.25) is 0 Å². The molecule has 0 radical (unpaired) electrons. The van der Waals surface area contributed by atoms with Gasteiger partial charge >= 0.3 is 0 Å². The van der Waals surface area contributed by atoms with E-state index in [9.17, 15) is 14.7 Å². The van der Waals surface area contributed by atoms with Crippen molar-refractivity contribution in [2.45, 2.75) is 6.10 Å². The maximum absolute atomic E-state index is 12.0. The van der Waals surface area contributed by atoms with Crippen molar-refractivity contribution in [3.63, 3.8) is 0 Å². The van der Waals surface area contributed by atoms with Gasteiger partial charge in [-0.15, -0.1) is 11.6 Å². The molecule has 0 spiro atoms. The third-order valence-electron chi connectivity index (χ3n) is 2.54. The fourth-order valence-corrected chi connectivity index (χ4v) is 2.56. The maximum atomic E-state index is 12.0. The lowest BCUT2D eigenvalue weighted by atomic mass is 10.2. The van der Waals surface area contributed by atoms with Gasteiger partial charge in [0.05, 0.1) is 23.4 Å². The quantitative estimate of drug-likeness (QED) is 0.684. The second-order valence-corrected chi connectivity index (χ2v) is 5.31. The summed E-state index contributed by atoms with van der Waals surface area (Å²) in [5.74, 6) is -0.401. The van der Waals surface area contributed by atoms with Crippen LogP contribution >= 0.6 is 23.4 Å². The largest absolute Gasteiger partial charge is 0.390 e. The summed E-state index contributed by atoms with van der Waals surface area (Å²) in [7, 11) is 0.